The molecule has 1 aromatic carbocycles. The monoisotopic (exact) mass is 207 g/mol. The van der Waals surface area contributed by atoms with Gasteiger partial charge in [0.1, 0.15) is 0 Å². The average molecular weight is 207 g/mol. The van der Waals surface area contributed by atoms with Gasteiger partial charge in [0.15, 0.2) is 5.78 Å². The van der Waals surface area contributed by atoms with Crippen LogP contribution in [0.4, 0.5) is 0 Å². The second-order valence-corrected chi connectivity index (χ2v) is 4.24. The van der Waals surface area contributed by atoms with Crippen molar-refractivity contribution in [1.29, 1.82) is 0 Å². The van der Waals surface area contributed by atoms with Crippen molar-refractivity contribution in [2.45, 2.75) is 19.9 Å². The van der Waals surface area contributed by atoms with Crippen molar-refractivity contribution in [3.63, 3.8) is 0 Å². The first-order chi connectivity index (χ1) is 6.66. The number of rotatable bonds is 1. The van der Waals surface area contributed by atoms with Gasteiger partial charge in [-0.15, -0.1) is 0 Å². The average Bonchev–Trinajstić information content (AvgIpc) is 2.16. The van der Waals surface area contributed by atoms with Crippen molar-refractivity contribution in [2.24, 2.45) is 0 Å². The van der Waals surface area contributed by atoms with Crippen molar-refractivity contribution in [1.82, 2.24) is 4.31 Å². The quantitative estimate of drug-likeness (QED) is 0.562. The summed E-state index contributed by atoms with van der Waals surface area (Å²) in [5.74, 6) is 0.129. The minimum Gasteiger partial charge on any atom is -0.295 e. The van der Waals surface area contributed by atoms with E-state index in [0.717, 1.165) is 25.1 Å². The van der Waals surface area contributed by atoms with Crippen LogP contribution in [0.3, 0.4) is 0 Å². The first-order valence-corrected chi connectivity index (χ1v) is 5.13. The molecule has 2 rings (SSSR count). The van der Waals surface area contributed by atoms with Crippen LogP contribution in [0.1, 0.15) is 28.4 Å². The zero-order valence-electron chi connectivity index (χ0n) is 8.16. The molecular weight excluding hydrogens is 194 g/mol. The molecule has 0 bridgehead atoms. The second-order valence-electron chi connectivity index (χ2n) is 3.68. The molecule has 1 aromatic rings. The Morgan fingerprint density at radius 1 is 1.43 bits per heavy atom. The number of hydrogen-bond acceptors (Lipinski definition) is 3. The Morgan fingerprint density at radius 3 is 2.93 bits per heavy atom. The smallest absolute Gasteiger partial charge is 0.159 e. The van der Waals surface area contributed by atoms with Gasteiger partial charge in [0.25, 0.3) is 0 Å². The molecule has 0 unspecified atom stereocenters. The predicted octanol–water partition coefficient (Wildman–Crippen LogP) is 2.09. The molecule has 3 heteroatoms. The Labute approximate surface area is 89.5 Å². The minimum atomic E-state index is 0.129. The minimum absolute atomic E-state index is 0.129. The first-order valence-electron chi connectivity index (χ1n) is 4.73. The highest BCUT2D eigenvalue weighted by atomic mass is 32.1. The standard InChI is InChI=1S/C11H13NOS/c1-8(13)10-3-2-9-4-5-12(14)7-11(9)6-10/h2-3,6,14H,4-5,7H2,1H3. The lowest BCUT2D eigenvalue weighted by atomic mass is 9.97. The van der Waals surface area contributed by atoms with Gasteiger partial charge in [-0.25, -0.2) is 4.31 Å². The predicted molar refractivity (Wildman–Crippen MR) is 59.5 cm³/mol. The lowest BCUT2D eigenvalue weighted by Gasteiger charge is -2.23. The summed E-state index contributed by atoms with van der Waals surface area (Å²) >= 11 is 4.32. The molecule has 0 saturated carbocycles. The van der Waals surface area contributed by atoms with Crippen LogP contribution in [0.25, 0.3) is 0 Å². The molecule has 0 aliphatic carbocycles. The number of carbonyl (C=O) groups is 1. The molecule has 0 fully saturated rings. The lowest BCUT2D eigenvalue weighted by molar-refractivity contribution is 0.101. The fourth-order valence-electron chi connectivity index (χ4n) is 1.76. The molecule has 1 aliphatic heterocycles. The summed E-state index contributed by atoms with van der Waals surface area (Å²) in [7, 11) is 0. The third kappa shape index (κ3) is 1.83. The van der Waals surface area contributed by atoms with E-state index < -0.39 is 0 Å². The maximum atomic E-state index is 11.2. The summed E-state index contributed by atoms with van der Waals surface area (Å²) in [4.78, 5) is 11.2. The van der Waals surface area contributed by atoms with Crippen LogP contribution in [0.2, 0.25) is 0 Å². The fourth-order valence-corrected chi connectivity index (χ4v) is 2.01. The van der Waals surface area contributed by atoms with E-state index in [-0.39, 0.29) is 5.78 Å². The number of Topliss-reactive ketones (excluding diaryl/α,β-unsaturated/α-hetero) is 1. The topological polar surface area (TPSA) is 20.3 Å². The van der Waals surface area contributed by atoms with Crippen LogP contribution < -0.4 is 0 Å². The van der Waals surface area contributed by atoms with Gasteiger partial charge < -0.3 is 0 Å². The van der Waals surface area contributed by atoms with E-state index >= 15 is 0 Å². The van der Waals surface area contributed by atoms with Crippen LogP contribution in [-0.2, 0) is 13.0 Å². The SMILES string of the molecule is CC(=O)c1ccc2c(c1)CN(S)CC2. The van der Waals surface area contributed by atoms with Crippen LogP contribution in [0.5, 0.6) is 0 Å². The van der Waals surface area contributed by atoms with Gasteiger partial charge in [-0.3, -0.25) is 4.79 Å². The summed E-state index contributed by atoms with van der Waals surface area (Å²) in [5, 5.41) is 0. The number of hydrogen-bond donors (Lipinski definition) is 1. The van der Waals surface area contributed by atoms with E-state index in [1.165, 1.54) is 11.1 Å². The van der Waals surface area contributed by atoms with Gasteiger partial charge in [-0.2, -0.15) is 0 Å². The third-order valence-corrected chi connectivity index (χ3v) is 2.95. The molecule has 0 amide bonds. The summed E-state index contributed by atoms with van der Waals surface area (Å²) in [6.45, 7) is 3.41. The number of thiol groups is 1. The van der Waals surface area contributed by atoms with Gasteiger partial charge in [0.05, 0.1) is 0 Å². The van der Waals surface area contributed by atoms with Crippen LogP contribution in [-0.4, -0.2) is 16.6 Å². The molecule has 0 N–H and O–H groups in total. The Hall–Kier alpha value is -0.800. The molecule has 2 nitrogen and oxygen atoms in total. The Morgan fingerprint density at radius 2 is 2.21 bits per heavy atom. The van der Waals surface area contributed by atoms with Crippen LogP contribution >= 0.6 is 12.8 Å². The highest BCUT2D eigenvalue weighted by Crippen LogP contribution is 2.21. The molecule has 1 heterocycles. The molecule has 14 heavy (non-hydrogen) atoms. The number of carbonyl (C=O) groups excluding carboxylic acids is 1. The van der Waals surface area contributed by atoms with Gasteiger partial charge >= 0.3 is 0 Å². The van der Waals surface area contributed by atoms with Gasteiger partial charge in [0.2, 0.25) is 0 Å². The van der Waals surface area contributed by atoms with Gasteiger partial charge in [-0.1, -0.05) is 24.9 Å². The Balaban J connectivity index is 2.37. The van der Waals surface area contributed by atoms with Crippen LogP contribution in [0, 0.1) is 0 Å². The number of nitrogens with zero attached hydrogens (tertiary/aromatic N) is 1. The summed E-state index contributed by atoms with van der Waals surface area (Å²) < 4.78 is 1.98. The molecule has 74 valence electrons. The Kier molecular flexibility index (Phi) is 2.61. The Bertz CT molecular complexity index is 376. The summed E-state index contributed by atoms with van der Waals surface area (Å²) in [6.07, 6.45) is 1.02. The number of fused-ring (bicyclic) bond motifs is 1. The zero-order valence-corrected chi connectivity index (χ0v) is 9.05. The maximum Gasteiger partial charge on any atom is 0.159 e. The van der Waals surface area contributed by atoms with Gasteiger partial charge in [0, 0.05) is 18.7 Å². The van der Waals surface area contributed by atoms with Crippen molar-refractivity contribution in [3.05, 3.63) is 34.9 Å². The van der Waals surface area contributed by atoms with E-state index in [0.29, 0.717) is 0 Å². The fraction of sp³-hybridized carbons (Fsp3) is 0.364. The molecule has 0 spiro atoms. The highest BCUT2D eigenvalue weighted by Gasteiger charge is 2.14. The number of ketones is 1. The largest absolute Gasteiger partial charge is 0.295 e. The molecule has 0 aromatic heterocycles. The molecular formula is C11H13NOS. The first kappa shape index (κ1) is 9.74. The third-order valence-electron chi connectivity index (χ3n) is 2.60. The lowest BCUT2D eigenvalue weighted by Crippen LogP contribution is -2.22. The number of benzene rings is 1. The van der Waals surface area contributed by atoms with Crippen LogP contribution in [0.15, 0.2) is 18.2 Å². The highest BCUT2D eigenvalue weighted by molar-refractivity contribution is 7.77. The van der Waals surface area contributed by atoms with Crippen molar-refractivity contribution >= 4 is 18.6 Å². The second kappa shape index (κ2) is 3.75. The molecule has 1 aliphatic rings. The van der Waals surface area contributed by atoms with E-state index in [2.05, 4.69) is 18.9 Å². The van der Waals surface area contributed by atoms with Crippen molar-refractivity contribution in [2.75, 3.05) is 6.54 Å². The zero-order chi connectivity index (χ0) is 10.1. The van der Waals surface area contributed by atoms with Gasteiger partial charge in [-0.05, 0) is 30.5 Å². The molecule has 0 atom stereocenters. The molecule has 0 saturated heterocycles. The summed E-state index contributed by atoms with van der Waals surface area (Å²) in [5.41, 5.74) is 3.38. The van der Waals surface area contributed by atoms with E-state index in [1.54, 1.807) is 6.92 Å². The van der Waals surface area contributed by atoms with Crippen molar-refractivity contribution in [3.8, 4) is 0 Å². The van der Waals surface area contributed by atoms with E-state index in [1.807, 2.05) is 16.4 Å². The summed E-state index contributed by atoms with van der Waals surface area (Å²) in [6, 6.07) is 5.96. The van der Waals surface area contributed by atoms with E-state index in [9.17, 15) is 4.79 Å². The maximum absolute atomic E-state index is 11.2. The van der Waals surface area contributed by atoms with E-state index in [4.69, 9.17) is 0 Å². The molecule has 0 radical (unpaired) electrons. The van der Waals surface area contributed by atoms with Crippen molar-refractivity contribution < 1.29 is 4.79 Å². The normalized spacial score (nSPS) is 16.4.